The smallest absolute Gasteiger partial charge is 0.251 e. The Balaban J connectivity index is 1.53. The molecule has 4 aromatic rings. The van der Waals surface area contributed by atoms with Crippen LogP contribution in [0, 0.1) is 0 Å². The fourth-order valence-corrected chi connectivity index (χ4v) is 4.55. The summed E-state index contributed by atoms with van der Waals surface area (Å²) in [6, 6.07) is 28.1. The Labute approximate surface area is 229 Å². The van der Waals surface area contributed by atoms with E-state index in [4.69, 9.17) is 15.6 Å². The molecule has 0 aliphatic rings. The number of carbonyl (C=O) groups excluding carboxylic acids is 2. The maximum atomic E-state index is 13.7. The number of aliphatic hydroxyl groups excluding tert-OH is 1. The van der Waals surface area contributed by atoms with Crippen molar-refractivity contribution in [3.63, 3.8) is 0 Å². The van der Waals surface area contributed by atoms with Crippen LogP contribution in [-0.4, -0.2) is 54.7 Å². The minimum absolute atomic E-state index is 0.0724. The van der Waals surface area contributed by atoms with Crippen molar-refractivity contribution < 1.29 is 19.4 Å². The van der Waals surface area contributed by atoms with Crippen LogP contribution < -0.4 is 15.8 Å². The monoisotopic (exact) mass is 525 g/mol. The second-order valence-electron chi connectivity index (χ2n) is 9.51. The third-order valence-corrected chi connectivity index (χ3v) is 6.70. The summed E-state index contributed by atoms with van der Waals surface area (Å²) < 4.78 is 5.64. The van der Waals surface area contributed by atoms with E-state index >= 15 is 0 Å². The molecule has 0 aliphatic carbocycles. The van der Waals surface area contributed by atoms with E-state index in [1.165, 1.54) is 0 Å². The molecule has 7 nitrogen and oxygen atoms in total. The van der Waals surface area contributed by atoms with Crippen LogP contribution in [0.15, 0.2) is 91.0 Å². The Morgan fingerprint density at radius 2 is 1.69 bits per heavy atom. The van der Waals surface area contributed by atoms with Gasteiger partial charge in [0.1, 0.15) is 18.4 Å². The molecule has 4 rings (SSSR count). The molecule has 39 heavy (non-hydrogen) atoms. The quantitative estimate of drug-likeness (QED) is 0.262. The van der Waals surface area contributed by atoms with Gasteiger partial charge in [0.15, 0.2) is 0 Å². The van der Waals surface area contributed by atoms with Crippen LogP contribution in [0.4, 0.5) is 0 Å². The molecular weight excluding hydrogens is 490 g/mol. The Bertz CT molecular complexity index is 1420. The molecule has 0 heterocycles. The number of nitrogens with one attached hydrogen (secondary N) is 1. The zero-order valence-corrected chi connectivity index (χ0v) is 22.2. The maximum absolute atomic E-state index is 13.7. The van der Waals surface area contributed by atoms with E-state index in [0.29, 0.717) is 37.2 Å². The highest BCUT2D eigenvalue weighted by Gasteiger charge is 2.25. The fourth-order valence-electron chi connectivity index (χ4n) is 4.55. The second kappa shape index (κ2) is 13.6. The summed E-state index contributed by atoms with van der Waals surface area (Å²) in [4.78, 5) is 28.6. The molecule has 0 saturated carbocycles. The summed E-state index contributed by atoms with van der Waals surface area (Å²) in [7, 11) is 1.74. The number of aliphatic hydroxyl groups is 1. The lowest BCUT2D eigenvalue weighted by atomic mass is 10.00. The number of amides is 2. The number of rotatable bonds is 12. The SMILES string of the molecule is CN(CCc1ccccc1OCCO)C(=O)C(Cc1ccc2ccccc2c1)NC(=O)c1cccc(CN)c1. The van der Waals surface area contributed by atoms with Crippen LogP contribution in [0.3, 0.4) is 0 Å². The largest absolute Gasteiger partial charge is 0.491 e. The Morgan fingerprint density at radius 1 is 0.923 bits per heavy atom. The molecule has 0 aliphatic heterocycles. The zero-order chi connectivity index (χ0) is 27.6. The number of nitrogens with two attached hydrogens (primary N) is 1. The average molecular weight is 526 g/mol. The topological polar surface area (TPSA) is 105 Å². The number of likely N-dealkylation sites (N-methyl/N-ethyl adjacent to an activating group) is 1. The van der Waals surface area contributed by atoms with Gasteiger partial charge in [0.05, 0.1) is 6.61 Å². The summed E-state index contributed by atoms with van der Waals surface area (Å²) in [6.45, 7) is 0.895. The predicted octanol–water partition coefficient (Wildman–Crippen LogP) is 3.71. The molecule has 2 amide bonds. The molecule has 0 saturated heterocycles. The summed E-state index contributed by atoms with van der Waals surface area (Å²) in [5.41, 5.74) is 8.97. The summed E-state index contributed by atoms with van der Waals surface area (Å²) in [5.74, 6) is 0.189. The third-order valence-electron chi connectivity index (χ3n) is 6.70. The van der Waals surface area contributed by atoms with Crippen LogP contribution in [0.5, 0.6) is 5.75 Å². The molecule has 4 N–H and O–H groups in total. The predicted molar refractivity (Wildman–Crippen MR) is 154 cm³/mol. The van der Waals surface area contributed by atoms with Gasteiger partial charge in [0, 0.05) is 32.1 Å². The number of para-hydroxylation sites is 1. The van der Waals surface area contributed by atoms with Crippen molar-refractivity contribution >= 4 is 22.6 Å². The molecular formula is C32H35N3O4. The van der Waals surface area contributed by atoms with Gasteiger partial charge in [0.2, 0.25) is 5.91 Å². The number of hydrogen-bond acceptors (Lipinski definition) is 5. The number of fused-ring (bicyclic) bond motifs is 1. The summed E-state index contributed by atoms with van der Waals surface area (Å²) in [5, 5.41) is 14.3. The van der Waals surface area contributed by atoms with E-state index in [1.807, 2.05) is 66.7 Å². The van der Waals surface area contributed by atoms with Gasteiger partial charge in [-0.2, -0.15) is 0 Å². The van der Waals surface area contributed by atoms with E-state index in [0.717, 1.165) is 27.5 Å². The lowest BCUT2D eigenvalue weighted by molar-refractivity contribution is -0.131. The third kappa shape index (κ3) is 7.44. The Kier molecular flexibility index (Phi) is 9.67. The van der Waals surface area contributed by atoms with Gasteiger partial charge in [0.25, 0.3) is 5.91 Å². The first-order valence-corrected chi connectivity index (χ1v) is 13.1. The maximum Gasteiger partial charge on any atom is 0.251 e. The van der Waals surface area contributed by atoms with E-state index in [2.05, 4.69) is 11.4 Å². The molecule has 0 bridgehead atoms. The molecule has 7 heteroatoms. The number of carbonyl (C=O) groups is 2. The Morgan fingerprint density at radius 3 is 2.49 bits per heavy atom. The van der Waals surface area contributed by atoms with Crippen LogP contribution in [0.1, 0.15) is 27.0 Å². The number of nitrogens with zero attached hydrogens (tertiary/aromatic N) is 1. The van der Waals surface area contributed by atoms with Gasteiger partial charge in [-0.3, -0.25) is 9.59 Å². The van der Waals surface area contributed by atoms with Crippen molar-refractivity contribution in [3.8, 4) is 5.75 Å². The average Bonchev–Trinajstić information content (AvgIpc) is 2.98. The minimum Gasteiger partial charge on any atom is -0.491 e. The van der Waals surface area contributed by atoms with Crippen molar-refractivity contribution in [2.45, 2.75) is 25.4 Å². The highest BCUT2D eigenvalue weighted by atomic mass is 16.5. The van der Waals surface area contributed by atoms with Crippen molar-refractivity contribution in [2.24, 2.45) is 5.73 Å². The molecule has 1 unspecified atom stereocenters. The van der Waals surface area contributed by atoms with Crippen LogP contribution in [0.2, 0.25) is 0 Å². The second-order valence-corrected chi connectivity index (χ2v) is 9.51. The van der Waals surface area contributed by atoms with Crippen molar-refractivity contribution in [2.75, 3.05) is 26.8 Å². The van der Waals surface area contributed by atoms with Crippen LogP contribution in [0.25, 0.3) is 10.8 Å². The molecule has 0 radical (unpaired) electrons. The highest BCUT2D eigenvalue weighted by molar-refractivity contribution is 5.97. The first-order chi connectivity index (χ1) is 19.0. The number of ether oxygens (including phenoxy) is 1. The molecule has 0 spiro atoms. The van der Waals surface area contributed by atoms with E-state index in [1.54, 1.807) is 30.1 Å². The van der Waals surface area contributed by atoms with Crippen LogP contribution >= 0.6 is 0 Å². The molecule has 0 fully saturated rings. The van der Waals surface area contributed by atoms with Crippen molar-refractivity contribution in [3.05, 3.63) is 113 Å². The fraction of sp³-hybridized carbons (Fsp3) is 0.250. The molecule has 4 aromatic carbocycles. The van der Waals surface area contributed by atoms with Crippen molar-refractivity contribution in [1.29, 1.82) is 0 Å². The van der Waals surface area contributed by atoms with Gasteiger partial charge in [-0.05, 0) is 52.1 Å². The van der Waals surface area contributed by atoms with Gasteiger partial charge in [-0.25, -0.2) is 0 Å². The molecule has 202 valence electrons. The summed E-state index contributed by atoms with van der Waals surface area (Å²) >= 11 is 0. The van der Waals surface area contributed by atoms with Gasteiger partial charge >= 0.3 is 0 Å². The number of benzene rings is 4. The first kappa shape index (κ1) is 27.8. The highest BCUT2D eigenvalue weighted by Crippen LogP contribution is 2.20. The normalized spacial score (nSPS) is 11.7. The van der Waals surface area contributed by atoms with Gasteiger partial charge in [-0.1, -0.05) is 72.8 Å². The zero-order valence-electron chi connectivity index (χ0n) is 22.2. The molecule has 1 atom stereocenters. The number of hydrogen-bond donors (Lipinski definition) is 3. The minimum atomic E-state index is -0.758. The standard InChI is InChI=1S/C32H35N3O4/c1-35(16-15-26-9-4-5-12-30(26)39-18-17-36)32(38)29(34-31(37)28-11-6-7-24(20-28)22-33)21-23-13-14-25-8-2-3-10-27(25)19-23/h2-14,19-20,29,36H,15-18,21-22,33H2,1H3,(H,34,37). The van der Waals surface area contributed by atoms with E-state index < -0.39 is 6.04 Å². The van der Waals surface area contributed by atoms with E-state index in [9.17, 15) is 9.59 Å². The first-order valence-electron chi connectivity index (χ1n) is 13.1. The Hall–Kier alpha value is -4.20. The molecule has 0 aromatic heterocycles. The van der Waals surface area contributed by atoms with Crippen LogP contribution in [-0.2, 0) is 24.2 Å². The lowest BCUT2D eigenvalue weighted by Gasteiger charge is -2.25. The lowest BCUT2D eigenvalue weighted by Crippen LogP contribution is -2.49. The van der Waals surface area contributed by atoms with Gasteiger partial charge < -0.3 is 25.8 Å². The van der Waals surface area contributed by atoms with Crippen molar-refractivity contribution in [1.82, 2.24) is 10.2 Å². The summed E-state index contributed by atoms with van der Waals surface area (Å²) in [6.07, 6.45) is 0.922. The van der Waals surface area contributed by atoms with E-state index in [-0.39, 0.29) is 25.0 Å². The van der Waals surface area contributed by atoms with Gasteiger partial charge in [-0.15, -0.1) is 0 Å².